The Labute approximate surface area is 127 Å². The molecule has 1 aromatic rings. The Bertz CT molecular complexity index is 455. The number of likely N-dealkylation sites (tertiary alicyclic amines) is 1. The lowest BCUT2D eigenvalue weighted by Crippen LogP contribution is -2.39. The highest BCUT2D eigenvalue weighted by molar-refractivity contribution is 9.10. The summed E-state index contributed by atoms with van der Waals surface area (Å²) in [5.74, 6) is -1.67. The molecule has 0 bridgehead atoms. The van der Waals surface area contributed by atoms with Crippen LogP contribution in [-0.2, 0) is 6.54 Å². The van der Waals surface area contributed by atoms with Gasteiger partial charge in [-0.25, -0.2) is 8.78 Å². The quantitative estimate of drug-likeness (QED) is 0.796. The van der Waals surface area contributed by atoms with Gasteiger partial charge < -0.3 is 4.74 Å². The fourth-order valence-electron chi connectivity index (χ4n) is 2.32. The van der Waals surface area contributed by atoms with Crippen LogP contribution in [0.15, 0.2) is 22.7 Å². The van der Waals surface area contributed by atoms with E-state index < -0.39 is 5.92 Å². The Hall–Kier alpha value is -0.680. The molecule has 1 aliphatic rings. The van der Waals surface area contributed by atoms with E-state index in [0.717, 1.165) is 15.8 Å². The maximum atomic E-state index is 13.2. The predicted octanol–water partition coefficient (Wildman–Crippen LogP) is 4.47. The fraction of sp³-hybridized carbons (Fsp3) is 0.600. The summed E-state index contributed by atoms with van der Waals surface area (Å²) in [6.07, 6.45) is -0.0240. The van der Waals surface area contributed by atoms with Gasteiger partial charge in [-0.15, -0.1) is 0 Å². The van der Waals surface area contributed by atoms with Gasteiger partial charge in [0.1, 0.15) is 5.75 Å². The highest BCUT2D eigenvalue weighted by Crippen LogP contribution is 2.32. The molecular formula is C15H20BrF2NO. The smallest absolute Gasteiger partial charge is 0.250 e. The molecule has 2 nitrogen and oxygen atoms in total. The number of ether oxygens (including phenoxy) is 1. The highest BCUT2D eigenvalue weighted by atomic mass is 79.9. The van der Waals surface area contributed by atoms with Crippen LogP contribution in [0, 0.1) is 0 Å². The summed E-state index contributed by atoms with van der Waals surface area (Å²) in [5, 5.41) is 0. The molecule has 0 aliphatic carbocycles. The van der Waals surface area contributed by atoms with Crippen LogP contribution in [0.4, 0.5) is 8.78 Å². The number of alkyl halides is 2. The van der Waals surface area contributed by atoms with E-state index in [9.17, 15) is 8.78 Å². The van der Waals surface area contributed by atoms with Gasteiger partial charge in [-0.3, -0.25) is 4.90 Å². The van der Waals surface area contributed by atoms with Crippen LogP contribution in [0.5, 0.6) is 5.75 Å². The van der Waals surface area contributed by atoms with Crippen LogP contribution in [0.3, 0.4) is 0 Å². The first-order valence-corrected chi connectivity index (χ1v) is 7.71. The third-order valence-corrected chi connectivity index (χ3v) is 4.15. The number of piperidine rings is 1. The van der Waals surface area contributed by atoms with E-state index >= 15 is 0 Å². The molecule has 0 amide bonds. The fourth-order valence-corrected chi connectivity index (χ4v) is 2.79. The first kappa shape index (κ1) is 15.7. The van der Waals surface area contributed by atoms with Gasteiger partial charge in [-0.2, -0.15) is 0 Å². The minimum absolute atomic E-state index is 0.0577. The van der Waals surface area contributed by atoms with E-state index in [1.807, 2.05) is 32.0 Å². The molecule has 1 saturated heterocycles. The summed E-state index contributed by atoms with van der Waals surface area (Å²) < 4.78 is 33.1. The SMILES string of the molecule is CC(C)Oc1cccc(Br)c1CN1CCC(F)(F)CC1. The largest absolute Gasteiger partial charge is 0.491 e. The Morgan fingerprint density at radius 2 is 1.95 bits per heavy atom. The minimum Gasteiger partial charge on any atom is -0.491 e. The molecule has 20 heavy (non-hydrogen) atoms. The Morgan fingerprint density at radius 3 is 2.55 bits per heavy atom. The first-order valence-electron chi connectivity index (χ1n) is 6.91. The van der Waals surface area contributed by atoms with Gasteiger partial charge in [0.25, 0.3) is 5.92 Å². The van der Waals surface area contributed by atoms with Crippen molar-refractivity contribution in [2.75, 3.05) is 13.1 Å². The molecule has 0 radical (unpaired) electrons. The topological polar surface area (TPSA) is 12.5 Å². The third-order valence-electron chi connectivity index (χ3n) is 3.41. The number of rotatable bonds is 4. The second kappa shape index (κ2) is 6.39. The molecule has 1 aromatic carbocycles. The lowest BCUT2D eigenvalue weighted by atomic mass is 10.1. The molecular weight excluding hydrogens is 328 g/mol. The van der Waals surface area contributed by atoms with Crippen molar-refractivity contribution in [3.8, 4) is 5.75 Å². The lowest BCUT2D eigenvalue weighted by molar-refractivity contribution is -0.0567. The number of hydrogen-bond acceptors (Lipinski definition) is 2. The number of hydrogen-bond donors (Lipinski definition) is 0. The van der Waals surface area contributed by atoms with Crippen molar-refractivity contribution in [1.29, 1.82) is 0 Å². The van der Waals surface area contributed by atoms with Crippen molar-refractivity contribution >= 4 is 15.9 Å². The van der Waals surface area contributed by atoms with Gasteiger partial charge in [0.15, 0.2) is 0 Å². The second-order valence-corrected chi connectivity index (χ2v) is 6.37. The molecule has 0 unspecified atom stereocenters. The third kappa shape index (κ3) is 4.16. The Morgan fingerprint density at radius 1 is 1.30 bits per heavy atom. The molecule has 1 fully saturated rings. The van der Waals surface area contributed by atoms with Crippen molar-refractivity contribution in [3.05, 3.63) is 28.2 Å². The van der Waals surface area contributed by atoms with Gasteiger partial charge >= 0.3 is 0 Å². The highest BCUT2D eigenvalue weighted by Gasteiger charge is 2.34. The van der Waals surface area contributed by atoms with Gasteiger partial charge in [-0.1, -0.05) is 22.0 Å². The lowest BCUT2D eigenvalue weighted by Gasteiger charge is -2.32. The van der Waals surface area contributed by atoms with E-state index in [0.29, 0.717) is 19.6 Å². The molecule has 0 spiro atoms. The average molecular weight is 348 g/mol. The van der Waals surface area contributed by atoms with Crippen molar-refractivity contribution < 1.29 is 13.5 Å². The van der Waals surface area contributed by atoms with Crippen LogP contribution < -0.4 is 4.74 Å². The standard InChI is InChI=1S/C15H20BrF2NO/c1-11(2)20-14-5-3-4-13(16)12(14)10-19-8-6-15(17,18)7-9-19/h3-5,11H,6-10H2,1-2H3. The number of nitrogens with zero attached hydrogens (tertiary/aromatic N) is 1. The zero-order chi connectivity index (χ0) is 14.8. The molecule has 1 aliphatic heterocycles. The summed E-state index contributed by atoms with van der Waals surface area (Å²) in [6.45, 7) is 5.45. The van der Waals surface area contributed by atoms with Crippen LogP contribution in [0.25, 0.3) is 0 Å². The molecule has 0 N–H and O–H groups in total. The zero-order valence-corrected chi connectivity index (χ0v) is 13.4. The van der Waals surface area contributed by atoms with Crippen LogP contribution in [0.2, 0.25) is 0 Å². The Balaban J connectivity index is 2.09. The van der Waals surface area contributed by atoms with E-state index in [1.54, 1.807) is 0 Å². The van der Waals surface area contributed by atoms with E-state index in [2.05, 4.69) is 20.8 Å². The van der Waals surface area contributed by atoms with E-state index in [4.69, 9.17) is 4.74 Å². The zero-order valence-electron chi connectivity index (χ0n) is 11.8. The van der Waals surface area contributed by atoms with E-state index in [1.165, 1.54) is 0 Å². The van der Waals surface area contributed by atoms with Crippen LogP contribution in [-0.4, -0.2) is 30.0 Å². The second-order valence-electron chi connectivity index (χ2n) is 5.52. The monoisotopic (exact) mass is 347 g/mol. The summed E-state index contributed by atoms with van der Waals surface area (Å²) in [4.78, 5) is 2.06. The molecule has 0 atom stereocenters. The maximum absolute atomic E-state index is 13.2. The molecule has 5 heteroatoms. The van der Waals surface area contributed by atoms with Gasteiger partial charge in [0.2, 0.25) is 0 Å². The summed E-state index contributed by atoms with van der Waals surface area (Å²) in [5.41, 5.74) is 1.03. The summed E-state index contributed by atoms with van der Waals surface area (Å²) in [6, 6.07) is 5.81. The molecule has 2 rings (SSSR count). The molecule has 0 aromatic heterocycles. The molecule has 0 saturated carbocycles. The van der Waals surface area contributed by atoms with Crippen molar-refractivity contribution in [3.63, 3.8) is 0 Å². The van der Waals surface area contributed by atoms with Crippen molar-refractivity contribution in [2.45, 2.75) is 45.3 Å². The number of benzene rings is 1. The summed E-state index contributed by atoms with van der Waals surface area (Å²) in [7, 11) is 0. The van der Waals surface area contributed by atoms with Gasteiger partial charge in [-0.05, 0) is 26.0 Å². The minimum atomic E-state index is -2.50. The number of halogens is 3. The Kier molecular flexibility index (Phi) is 5.02. The molecule has 1 heterocycles. The maximum Gasteiger partial charge on any atom is 0.250 e. The van der Waals surface area contributed by atoms with Crippen LogP contribution >= 0.6 is 15.9 Å². The first-order chi connectivity index (χ1) is 9.37. The van der Waals surface area contributed by atoms with Crippen molar-refractivity contribution in [1.82, 2.24) is 4.90 Å². The average Bonchev–Trinajstić information content (AvgIpc) is 2.35. The van der Waals surface area contributed by atoms with Crippen molar-refractivity contribution in [2.24, 2.45) is 0 Å². The van der Waals surface area contributed by atoms with Gasteiger partial charge in [0.05, 0.1) is 6.10 Å². The van der Waals surface area contributed by atoms with Gasteiger partial charge in [0, 0.05) is 42.5 Å². The molecule has 112 valence electrons. The predicted molar refractivity (Wildman–Crippen MR) is 79.4 cm³/mol. The summed E-state index contributed by atoms with van der Waals surface area (Å²) >= 11 is 3.53. The van der Waals surface area contributed by atoms with Crippen LogP contribution in [0.1, 0.15) is 32.3 Å². The normalized spacial score (nSPS) is 19.3. The van der Waals surface area contributed by atoms with E-state index in [-0.39, 0.29) is 18.9 Å².